The second-order valence-corrected chi connectivity index (χ2v) is 8.88. The molecule has 5 rings (SSSR count). The summed E-state index contributed by atoms with van der Waals surface area (Å²) in [5, 5.41) is 3.51. The van der Waals surface area contributed by atoms with Gasteiger partial charge in [0.15, 0.2) is 5.65 Å². The Kier molecular flexibility index (Phi) is 5.22. The van der Waals surface area contributed by atoms with Gasteiger partial charge in [0.25, 0.3) is 0 Å². The van der Waals surface area contributed by atoms with E-state index in [2.05, 4.69) is 67.1 Å². The van der Waals surface area contributed by atoms with Gasteiger partial charge in [-0.1, -0.05) is 12.1 Å². The Morgan fingerprint density at radius 2 is 1.89 bits per heavy atom. The van der Waals surface area contributed by atoms with Crippen molar-refractivity contribution in [2.75, 3.05) is 26.2 Å². The summed E-state index contributed by atoms with van der Waals surface area (Å²) < 4.78 is 3.33. The van der Waals surface area contributed by atoms with Crippen LogP contribution in [0.15, 0.2) is 41.0 Å². The second-order valence-electron chi connectivity index (χ2n) is 8.03. The van der Waals surface area contributed by atoms with Crippen LogP contribution in [0.3, 0.4) is 0 Å². The van der Waals surface area contributed by atoms with Gasteiger partial charge in [0.2, 0.25) is 0 Å². The molecular weight excluding hydrogens is 412 g/mol. The number of hydrogen-bond donors (Lipinski definition) is 1. The monoisotopic (exact) mass is 438 g/mol. The molecule has 0 spiro atoms. The minimum absolute atomic E-state index is 0.936. The van der Waals surface area contributed by atoms with Crippen molar-refractivity contribution in [3.8, 4) is 11.3 Å². The summed E-state index contributed by atoms with van der Waals surface area (Å²) in [6.45, 7) is 5.34. The first-order chi connectivity index (χ1) is 13.8. The number of nitrogens with one attached hydrogen (secondary N) is 1. The average Bonchev–Trinajstić information content (AvgIpc) is 2.90. The van der Waals surface area contributed by atoms with Crippen LogP contribution in [0.25, 0.3) is 16.9 Å². The maximum atomic E-state index is 5.09. The molecule has 1 aliphatic carbocycles. The number of halogens is 1. The lowest BCUT2D eigenvalue weighted by Crippen LogP contribution is -2.28. The smallest absolute Gasteiger partial charge is 0.152 e. The van der Waals surface area contributed by atoms with E-state index in [-0.39, 0.29) is 0 Å². The molecule has 4 nitrogen and oxygen atoms in total. The Bertz CT molecular complexity index is 986. The molecule has 0 amide bonds. The molecule has 5 heteroatoms. The van der Waals surface area contributed by atoms with Crippen LogP contribution in [-0.4, -0.2) is 40.5 Å². The number of nitrogens with zero attached hydrogens (tertiary/aromatic N) is 3. The van der Waals surface area contributed by atoms with Gasteiger partial charge in [-0.05, 0) is 90.4 Å². The number of aryl methyl sites for hydroxylation is 2. The molecule has 1 saturated heterocycles. The molecule has 2 aliphatic rings. The van der Waals surface area contributed by atoms with Gasteiger partial charge in [0.1, 0.15) is 0 Å². The number of rotatable bonds is 3. The first-order valence-electron chi connectivity index (χ1n) is 10.5. The summed E-state index contributed by atoms with van der Waals surface area (Å²) in [7, 11) is 0. The van der Waals surface area contributed by atoms with E-state index in [4.69, 9.17) is 4.98 Å². The zero-order valence-corrected chi connectivity index (χ0v) is 17.8. The number of imidazole rings is 1. The van der Waals surface area contributed by atoms with E-state index in [0.29, 0.717) is 0 Å². The van der Waals surface area contributed by atoms with Crippen LogP contribution in [0, 0.1) is 0 Å². The number of benzene rings is 1. The molecule has 2 aromatic heterocycles. The number of fused-ring (bicyclic) bond motifs is 2. The lowest BCUT2D eigenvalue weighted by molar-refractivity contribution is 0.281. The zero-order valence-electron chi connectivity index (χ0n) is 16.3. The van der Waals surface area contributed by atoms with Gasteiger partial charge in [-0.15, -0.1) is 0 Å². The normalized spacial score (nSPS) is 18.2. The summed E-state index contributed by atoms with van der Waals surface area (Å²) >= 11 is 3.71. The van der Waals surface area contributed by atoms with Gasteiger partial charge in [-0.25, -0.2) is 4.98 Å². The lowest BCUT2D eigenvalue weighted by Gasteiger charge is -2.20. The third-order valence-electron chi connectivity index (χ3n) is 6.13. The SMILES string of the molecule is Brc1cccn2c(CN3CCCNCC3)c(-c3ccc4c(c3)CCCC4)nc12. The van der Waals surface area contributed by atoms with Gasteiger partial charge in [-0.3, -0.25) is 4.90 Å². The van der Waals surface area contributed by atoms with E-state index < -0.39 is 0 Å². The van der Waals surface area contributed by atoms with Gasteiger partial charge in [0.05, 0.1) is 15.9 Å². The van der Waals surface area contributed by atoms with E-state index in [0.717, 1.165) is 48.5 Å². The molecule has 1 aromatic carbocycles. The molecule has 0 bridgehead atoms. The van der Waals surface area contributed by atoms with Gasteiger partial charge in [0, 0.05) is 31.4 Å². The van der Waals surface area contributed by atoms with Crippen LogP contribution in [0.5, 0.6) is 0 Å². The molecule has 0 radical (unpaired) electrons. The summed E-state index contributed by atoms with van der Waals surface area (Å²) in [4.78, 5) is 7.66. The van der Waals surface area contributed by atoms with Crippen molar-refractivity contribution in [1.82, 2.24) is 19.6 Å². The fourth-order valence-electron chi connectivity index (χ4n) is 4.62. The maximum Gasteiger partial charge on any atom is 0.152 e. The van der Waals surface area contributed by atoms with Crippen molar-refractivity contribution in [1.29, 1.82) is 0 Å². The predicted octanol–water partition coefficient (Wildman–Crippen LogP) is 4.44. The van der Waals surface area contributed by atoms with Crippen LogP contribution in [-0.2, 0) is 19.4 Å². The van der Waals surface area contributed by atoms with E-state index in [1.54, 1.807) is 0 Å². The van der Waals surface area contributed by atoms with Crippen molar-refractivity contribution in [3.05, 3.63) is 57.8 Å². The summed E-state index contributed by atoms with van der Waals surface area (Å²) in [5.41, 5.74) is 7.76. The minimum atomic E-state index is 0.936. The molecule has 146 valence electrons. The molecule has 1 aliphatic heterocycles. The Balaban J connectivity index is 1.60. The fourth-order valence-corrected chi connectivity index (χ4v) is 5.05. The van der Waals surface area contributed by atoms with Gasteiger partial charge < -0.3 is 9.72 Å². The Hall–Kier alpha value is -1.69. The Morgan fingerprint density at radius 3 is 2.82 bits per heavy atom. The molecular formula is C23H27BrN4. The first kappa shape index (κ1) is 18.3. The number of pyridine rings is 1. The van der Waals surface area contributed by atoms with Crippen molar-refractivity contribution < 1.29 is 0 Å². The standard InChI is InChI=1S/C23H27BrN4/c24-20-7-3-13-28-21(16-27-12-4-10-25-11-14-27)22(26-23(20)28)19-9-8-17-5-1-2-6-18(17)15-19/h3,7-9,13,15,25H,1-2,4-6,10-12,14,16H2. The molecule has 0 unspecified atom stereocenters. The first-order valence-corrected chi connectivity index (χ1v) is 11.3. The largest absolute Gasteiger partial charge is 0.315 e. The highest BCUT2D eigenvalue weighted by atomic mass is 79.9. The third kappa shape index (κ3) is 3.51. The van der Waals surface area contributed by atoms with Crippen molar-refractivity contribution in [3.63, 3.8) is 0 Å². The quantitative estimate of drug-likeness (QED) is 0.655. The summed E-state index contributed by atoms with van der Waals surface area (Å²) in [6, 6.07) is 11.2. The Morgan fingerprint density at radius 1 is 1.00 bits per heavy atom. The molecule has 3 aromatic rings. The molecule has 1 fully saturated rings. The average molecular weight is 439 g/mol. The van der Waals surface area contributed by atoms with Crippen LogP contribution in [0.2, 0.25) is 0 Å². The van der Waals surface area contributed by atoms with Gasteiger partial charge >= 0.3 is 0 Å². The van der Waals surface area contributed by atoms with E-state index in [9.17, 15) is 0 Å². The van der Waals surface area contributed by atoms with Crippen LogP contribution in [0.4, 0.5) is 0 Å². The van der Waals surface area contributed by atoms with Gasteiger partial charge in [-0.2, -0.15) is 0 Å². The summed E-state index contributed by atoms with van der Waals surface area (Å²) in [6.07, 6.45) is 8.41. The topological polar surface area (TPSA) is 32.6 Å². The highest BCUT2D eigenvalue weighted by Crippen LogP contribution is 2.32. The van der Waals surface area contributed by atoms with E-state index in [1.165, 1.54) is 54.5 Å². The van der Waals surface area contributed by atoms with E-state index >= 15 is 0 Å². The summed E-state index contributed by atoms with van der Waals surface area (Å²) in [5.74, 6) is 0. The fraction of sp³-hybridized carbons (Fsp3) is 0.435. The van der Waals surface area contributed by atoms with Crippen LogP contribution >= 0.6 is 15.9 Å². The van der Waals surface area contributed by atoms with E-state index in [1.807, 2.05) is 0 Å². The zero-order chi connectivity index (χ0) is 18.9. The van der Waals surface area contributed by atoms with Crippen LogP contribution in [0.1, 0.15) is 36.1 Å². The maximum absolute atomic E-state index is 5.09. The molecule has 0 saturated carbocycles. The molecule has 0 atom stereocenters. The second kappa shape index (κ2) is 7.97. The van der Waals surface area contributed by atoms with Crippen molar-refractivity contribution in [2.24, 2.45) is 0 Å². The van der Waals surface area contributed by atoms with Crippen molar-refractivity contribution >= 4 is 21.6 Å². The molecule has 3 heterocycles. The number of aromatic nitrogens is 2. The molecule has 1 N–H and O–H groups in total. The number of hydrogen-bond acceptors (Lipinski definition) is 3. The minimum Gasteiger partial charge on any atom is -0.315 e. The Labute approximate surface area is 175 Å². The highest BCUT2D eigenvalue weighted by molar-refractivity contribution is 9.10. The lowest BCUT2D eigenvalue weighted by atomic mass is 9.90. The third-order valence-corrected chi connectivity index (χ3v) is 6.75. The predicted molar refractivity (Wildman–Crippen MR) is 118 cm³/mol. The highest BCUT2D eigenvalue weighted by Gasteiger charge is 2.20. The molecule has 28 heavy (non-hydrogen) atoms. The van der Waals surface area contributed by atoms with Crippen molar-refractivity contribution in [2.45, 2.75) is 38.6 Å². The van der Waals surface area contributed by atoms with Crippen LogP contribution < -0.4 is 5.32 Å².